The molecule has 0 heterocycles. The fraction of sp³-hybridized carbons (Fsp3) is 0.333. The van der Waals surface area contributed by atoms with Crippen LogP contribution in [-0.4, -0.2) is 45.2 Å². The van der Waals surface area contributed by atoms with Crippen molar-refractivity contribution in [3.63, 3.8) is 0 Å². The zero-order valence-corrected chi connectivity index (χ0v) is 24.9. The van der Waals surface area contributed by atoms with Crippen LogP contribution in [0.1, 0.15) is 61.0 Å². The molecule has 2 rings (SSSR count). The smallest absolute Gasteiger partial charge is 0.330 e. The molecule has 7 nitrogen and oxygen atoms in total. The van der Waals surface area contributed by atoms with Gasteiger partial charge >= 0.3 is 11.9 Å². The molecule has 0 fully saturated rings. The summed E-state index contributed by atoms with van der Waals surface area (Å²) in [6, 6.07) is 6.72. The van der Waals surface area contributed by atoms with E-state index in [1.165, 1.54) is 19.1 Å². The third kappa shape index (κ3) is 6.00. The minimum absolute atomic E-state index is 0.0360. The van der Waals surface area contributed by atoms with Crippen LogP contribution in [0.25, 0.3) is 0 Å². The molecular formula is C30H34ClO7P. The highest BCUT2D eigenvalue weighted by molar-refractivity contribution is 7.96. The average molecular weight is 573 g/mol. The van der Waals surface area contributed by atoms with Crippen LogP contribution >= 0.6 is 18.7 Å². The number of carbonyl (C=O) groups is 4. The fourth-order valence-electron chi connectivity index (χ4n) is 5.02. The number of allylic oxidation sites excluding steroid dienone is 1. The Morgan fingerprint density at radius 2 is 1.31 bits per heavy atom. The van der Waals surface area contributed by atoms with Crippen LogP contribution in [0.2, 0.25) is 0 Å². The predicted molar refractivity (Wildman–Crippen MR) is 154 cm³/mol. The topological polar surface area (TPSA) is 115 Å². The number of ether oxygens (including phenoxy) is 1. The molecule has 0 aliphatic heterocycles. The Morgan fingerprint density at radius 1 is 0.923 bits per heavy atom. The molecule has 2 aromatic rings. The molecule has 39 heavy (non-hydrogen) atoms. The first-order chi connectivity index (χ1) is 18.1. The molecule has 0 aromatic heterocycles. The van der Waals surface area contributed by atoms with Gasteiger partial charge in [-0.1, -0.05) is 60.2 Å². The normalized spacial score (nSPS) is 13.9. The van der Waals surface area contributed by atoms with Crippen LogP contribution in [0, 0.1) is 41.5 Å². The number of carbonyl (C=O) groups excluding carboxylic acids is 3. The summed E-state index contributed by atoms with van der Waals surface area (Å²) in [5.41, 5.74) is -1.44. The van der Waals surface area contributed by atoms with E-state index in [9.17, 15) is 24.3 Å². The van der Waals surface area contributed by atoms with Crippen LogP contribution in [0.4, 0.5) is 0 Å². The van der Waals surface area contributed by atoms with Gasteiger partial charge in [0, 0.05) is 11.1 Å². The first kappa shape index (κ1) is 31.9. The van der Waals surface area contributed by atoms with Crippen LogP contribution in [0.5, 0.6) is 0 Å². The summed E-state index contributed by atoms with van der Waals surface area (Å²) in [6.45, 7) is 14.6. The van der Waals surface area contributed by atoms with Gasteiger partial charge in [0.15, 0.2) is 10.5 Å². The van der Waals surface area contributed by atoms with Gasteiger partial charge in [-0.05, 0) is 70.7 Å². The number of carboxylic acids is 1. The Balaban J connectivity index is 3.13. The van der Waals surface area contributed by atoms with Crippen molar-refractivity contribution in [2.45, 2.75) is 59.0 Å². The number of hydrogen-bond acceptors (Lipinski definition) is 6. The van der Waals surface area contributed by atoms with Gasteiger partial charge in [-0.3, -0.25) is 14.4 Å². The Bertz CT molecular complexity index is 1320. The highest BCUT2D eigenvalue weighted by atomic mass is 35.5. The van der Waals surface area contributed by atoms with Crippen molar-refractivity contribution in [2.75, 3.05) is 6.61 Å². The molecule has 2 aromatic carbocycles. The summed E-state index contributed by atoms with van der Waals surface area (Å²) in [6.07, 6.45) is 3.41. The van der Waals surface area contributed by atoms with Crippen molar-refractivity contribution in [1.82, 2.24) is 0 Å². The second-order valence-corrected chi connectivity index (χ2v) is 13.0. The summed E-state index contributed by atoms with van der Waals surface area (Å²) in [4.78, 5) is 52.3. The third-order valence-electron chi connectivity index (χ3n) is 6.45. The number of aliphatic carboxylic acids is 1. The van der Waals surface area contributed by atoms with Crippen molar-refractivity contribution >= 4 is 41.7 Å². The fourth-order valence-corrected chi connectivity index (χ4v) is 8.77. The maximum absolute atomic E-state index is 15.3. The number of hydrogen-bond donors (Lipinski definition) is 1. The number of carboxylic acid groups (broad SMARTS) is 1. The van der Waals surface area contributed by atoms with Gasteiger partial charge in [0.05, 0.1) is 0 Å². The largest absolute Gasteiger partial charge is 0.480 e. The van der Waals surface area contributed by atoms with Crippen LogP contribution in [0.15, 0.2) is 49.1 Å². The number of esters is 1. The predicted octanol–water partition coefficient (Wildman–Crippen LogP) is 6.62. The molecule has 0 aliphatic rings. The first-order valence-corrected chi connectivity index (χ1v) is 14.4. The van der Waals surface area contributed by atoms with Gasteiger partial charge in [0.25, 0.3) is 0 Å². The molecule has 2 unspecified atom stereocenters. The summed E-state index contributed by atoms with van der Waals surface area (Å²) >= 11 is 6.58. The Morgan fingerprint density at radius 3 is 1.62 bits per heavy atom. The zero-order valence-electron chi connectivity index (χ0n) is 23.3. The SMILES string of the molecule is C=CCOC(=O)C(C(Cl)(C=CC)C(=O)O)P(=O)(C(=O)c1c(C)cc(C)cc1C)C(=O)c1c(C)cc(C)cc1C. The standard InChI is InChI=1S/C30H34ClO7P/c1-9-11-30(31,29(35)36)25(26(32)38-12-10-2)39(37,27(33)23-19(5)13-17(3)14-20(23)6)28(34)24-21(7)15-18(4)16-22(24)8/h9-11,13-16,25H,2,12H2,1,3-8H3,(H,35,36). The number of aryl methyl sites for hydroxylation is 6. The van der Waals surface area contributed by atoms with Gasteiger partial charge < -0.3 is 14.4 Å². The molecule has 0 bridgehead atoms. The molecule has 0 spiro atoms. The molecule has 2 atom stereocenters. The minimum Gasteiger partial charge on any atom is -0.480 e. The lowest BCUT2D eigenvalue weighted by molar-refractivity contribution is -0.147. The third-order valence-corrected chi connectivity index (χ3v) is 10.1. The van der Waals surface area contributed by atoms with Crippen LogP contribution < -0.4 is 0 Å². The van der Waals surface area contributed by atoms with Crippen molar-refractivity contribution in [2.24, 2.45) is 0 Å². The lowest BCUT2D eigenvalue weighted by atomic mass is 10.0. The lowest BCUT2D eigenvalue weighted by Gasteiger charge is -2.33. The molecule has 0 radical (unpaired) electrons. The van der Waals surface area contributed by atoms with Gasteiger partial charge in [-0.2, -0.15) is 0 Å². The highest BCUT2D eigenvalue weighted by Crippen LogP contribution is 2.62. The van der Waals surface area contributed by atoms with E-state index >= 15 is 4.57 Å². The highest BCUT2D eigenvalue weighted by Gasteiger charge is 2.63. The molecule has 208 valence electrons. The van der Waals surface area contributed by atoms with Crippen molar-refractivity contribution in [1.29, 1.82) is 0 Å². The number of halogens is 1. The van der Waals surface area contributed by atoms with E-state index in [1.807, 2.05) is 13.8 Å². The Hall–Kier alpha value is -3.28. The summed E-state index contributed by atoms with van der Waals surface area (Å²) in [5.74, 6) is -3.13. The first-order valence-electron chi connectivity index (χ1n) is 12.3. The average Bonchev–Trinajstić information content (AvgIpc) is 2.81. The van der Waals surface area contributed by atoms with E-state index in [0.717, 1.165) is 17.2 Å². The summed E-state index contributed by atoms with van der Waals surface area (Å²) in [7, 11) is -5.25. The number of rotatable bonds is 11. The van der Waals surface area contributed by atoms with Gasteiger partial charge in [-0.25, -0.2) is 4.79 Å². The van der Waals surface area contributed by atoms with E-state index in [-0.39, 0.29) is 17.7 Å². The van der Waals surface area contributed by atoms with E-state index in [0.29, 0.717) is 22.3 Å². The molecule has 1 N–H and O–H groups in total. The number of benzene rings is 2. The van der Waals surface area contributed by atoms with E-state index in [4.69, 9.17) is 16.3 Å². The molecule has 0 saturated carbocycles. The Labute approximate surface area is 234 Å². The summed E-state index contributed by atoms with van der Waals surface area (Å²) < 4.78 is 20.5. The van der Waals surface area contributed by atoms with Crippen LogP contribution in [-0.2, 0) is 18.9 Å². The molecule has 0 aliphatic carbocycles. The molecule has 0 saturated heterocycles. The molecular weight excluding hydrogens is 539 g/mol. The van der Waals surface area contributed by atoms with Gasteiger partial charge in [0.2, 0.25) is 18.2 Å². The quantitative estimate of drug-likeness (QED) is 0.139. The van der Waals surface area contributed by atoms with Crippen molar-refractivity contribution < 1.29 is 33.6 Å². The second-order valence-electron chi connectivity index (χ2n) is 9.71. The minimum atomic E-state index is -5.25. The van der Waals surface area contributed by atoms with Crippen LogP contribution in [0.3, 0.4) is 0 Å². The Kier molecular flexibility index (Phi) is 10.0. The van der Waals surface area contributed by atoms with Gasteiger partial charge in [0.1, 0.15) is 6.61 Å². The molecule has 9 heteroatoms. The van der Waals surface area contributed by atoms with Crippen molar-refractivity contribution in [3.8, 4) is 0 Å². The maximum Gasteiger partial charge on any atom is 0.330 e. The maximum atomic E-state index is 15.3. The van der Waals surface area contributed by atoms with E-state index in [2.05, 4.69) is 6.58 Å². The number of alkyl halides is 1. The van der Waals surface area contributed by atoms with Gasteiger partial charge in [-0.15, -0.1) is 11.6 Å². The second kappa shape index (κ2) is 12.3. The van der Waals surface area contributed by atoms with Crippen molar-refractivity contribution in [3.05, 3.63) is 93.6 Å². The lowest BCUT2D eigenvalue weighted by Crippen LogP contribution is -2.50. The van der Waals surface area contributed by atoms with E-state index in [1.54, 1.807) is 52.0 Å². The van der Waals surface area contributed by atoms with E-state index < -0.39 is 40.7 Å². The monoisotopic (exact) mass is 572 g/mol. The summed E-state index contributed by atoms with van der Waals surface area (Å²) in [5, 5.41) is 10.2. The molecule has 0 amide bonds. The zero-order chi connectivity index (χ0) is 29.9.